The molecule has 3 heterocycles. The molecule has 28 heavy (non-hydrogen) atoms. The fraction of sp³-hybridized carbons (Fsp3) is 0.389. The summed E-state index contributed by atoms with van der Waals surface area (Å²) in [6.07, 6.45) is 7.23. The molecule has 2 aliphatic rings. The predicted molar refractivity (Wildman–Crippen MR) is 112 cm³/mol. The summed E-state index contributed by atoms with van der Waals surface area (Å²) in [5.41, 5.74) is 0. The number of carbonyl (C=O) groups is 2. The van der Waals surface area contributed by atoms with Crippen molar-refractivity contribution in [2.75, 3.05) is 25.1 Å². The molecule has 2 fully saturated rings. The van der Waals surface area contributed by atoms with Crippen LogP contribution in [0.3, 0.4) is 0 Å². The van der Waals surface area contributed by atoms with E-state index < -0.39 is 9.84 Å². The Bertz CT molecular complexity index is 934. The van der Waals surface area contributed by atoms with Crippen molar-refractivity contribution in [2.45, 2.75) is 18.9 Å². The number of thioether (sulfide) groups is 1. The van der Waals surface area contributed by atoms with Crippen LogP contribution in [0.4, 0.5) is 0 Å². The third-order valence-corrected chi connectivity index (χ3v) is 7.77. The zero-order chi connectivity index (χ0) is 20.3. The van der Waals surface area contributed by atoms with Gasteiger partial charge < -0.3 is 9.32 Å². The highest BCUT2D eigenvalue weighted by atomic mass is 32.2. The number of nitrogens with zero attached hydrogens (tertiary/aromatic N) is 2. The second-order valence-electron chi connectivity index (χ2n) is 6.54. The Hall–Kier alpha value is -1.91. The summed E-state index contributed by atoms with van der Waals surface area (Å²) in [5, 5.41) is 0. The second-order valence-corrected chi connectivity index (χ2v) is 10.4. The average molecular weight is 441 g/mol. The molecule has 2 aliphatic heterocycles. The first-order valence-electron chi connectivity index (χ1n) is 8.68. The van der Waals surface area contributed by atoms with Crippen LogP contribution >= 0.6 is 24.0 Å². The van der Waals surface area contributed by atoms with Crippen LogP contribution in [0, 0.1) is 0 Å². The van der Waals surface area contributed by atoms with Crippen molar-refractivity contribution in [1.82, 2.24) is 9.80 Å². The van der Waals surface area contributed by atoms with Crippen LogP contribution in [0.5, 0.6) is 0 Å². The molecule has 150 valence electrons. The largest absolute Gasteiger partial charge is 0.465 e. The van der Waals surface area contributed by atoms with Gasteiger partial charge in [0.25, 0.3) is 5.91 Å². The van der Waals surface area contributed by atoms with Crippen molar-refractivity contribution in [2.24, 2.45) is 0 Å². The lowest BCUT2D eigenvalue weighted by atomic mass is 10.2. The van der Waals surface area contributed by atoms with Gasteiger partial charge in [0.05, 0.1) is 22.7 Å². The molecule has 2 saturated heterocycles. The Morgan fingerprint density at radius 3 is 2.93 bits per heavy atom. The van der Waals surface area contributed by atoms with Crippen molar-refractivity contribution < 1.29 is 22.4 Å². The van der Waals surface area contributed by atoms with Gasteiger partial charge in [-0.25, -0.2) is 8.42 Å². The van der Waals surface area contributed by atoms with Crippen molar-refractivity contribution in [3.05, 3.63) is 41.2 Å². The Balaban J connectivity index is 1.55. The number of rotatable bonds is 6. The minimum Gasteiger partial charge on any atom is -0.465 e. The molecule has 10 heteroatoms. The van der Waals surface area contributed by atoms with Crippen molar-refractivity contribution in [1.29, 1.82) is 0 Å². The molecular formula is C18H20N2O5S3. The van der Waals surface area contributed by atoms with Crippen LogP contribution in [0.1, 0.15) is 18.6 Å². The highest BCUT2D eigenvalue weighted by Crippen LogP contribution is 2.31. The van der Waals surface area contributed by atoms with E-state index in [9.17, 15) is 18.0 Å². The zero-order valence-corrected chi connectivity index (χ0v) is 17.7. The van der Waals surface area contributed by atoms with E-state index in [2.05, 4.69) is 0 Å². The summed E-state index contributed by atoms with van der Waals surface area (Å²) in [6, 6.07) is 3.27. The van der Waals surface area contributed by atoms with Gasteiger partial charge in [-0.15, -0.1) is 0 Å². The van der Waals surface area contributed by atoms with E-state index in [1.54, 1.807) is 43.7 Å². The van der Waals surface area contributed by atoms with E-state index in [0.29, 0.717) is 21.4 Å². The maximum absolute atomic E-state index is 12.5. The fourth-order valence-corrected chi connectivity index (χ4v) is 6.03. The summed E-state index contributed by atoms with van der Waals surface area (Å²) < 4.78 is 28.8. The number of allylic oxidation sites excluding steroid dienone is 2. The van der Waals surface area contributed by atoms with Crippen LogP contribution in [0.2, 0.25) is 0 Å². The van der Waals surface area contributed by atoms with Crippen LogP contribution in [0.25, 0.3) is 6.08 Å². The minimum absolute atomic E-state index is 0.00103. The molecule has 0 spiro atoms. The SMILES string of the molecule is CN(C(=O)CCN1C(=O)C(=CC=Cc2ccco2)SC1=S)C1CCS(=O)(=O)C1. The zero-order valence-electron chi connectivity index (χ0n) is 15.2. The van der Waals surface area contributed by atoms with E-state index >= 15 is 0 Å². The van der Waals surface area contributed by atoms with Crippen LogP contribution in [-0.4, -0.2) is 65.5 Å². The summed E-state index contributed by atoms with van der Waals surface area (Å²) in [5.74, 6) is 0.353. The Morgan fingerprint density at radius 2 is 2.29 bits per heavy atom. The lowest BCUT2D eigenvalue weighted by Gasteiger charge is -2.24. The third kappa shape index (κ3) is 4.92. The number of sulfone groups is 1. The van der Waals surface area contributed by atoms with Gasteiger partial charge in [-0.05, 0) is 30.7 Å². The number of hydrogen-bond acceptors (Lipinski definition) is 7. The van der Waals surface area contributed by atoms with Gasteiger partial charge >= 0.3 is 0 Å². The molecule has 2 amide bonds. The molecule has 0 aromatic carbocycles. The van der Waals surface area contributed by atoms with Crippen molar-refractivity contribution in [3.63, 3.8) is 0 Å². The van der Waals surface area contributed by atoms with Crippen molar-refractivity contribution in [3.8, 4) is 0 Å². The summed E-state index contributed by atoms with van der Waals surface area (Å²) >= 11 is 6.45. The lowest BCUT2D eigenvalue weighted by molar-refractivity contribution is -0.132. The minimum atomic E-state index is -3.06. The lowest BCUT2D eigenvalue weighted by Crippen LogP contribution is -2.40. The van der Waals surface area contributed by atoms with Crippen molar-refractivity contribution >= 4 is 56.0 Å². The van der Waals surface area contributed by atoms with Gasteiger partial charge in [-0.3, -0.25) is 14.5 Å². The van der Waals surface area contributed by atoms with Gasteiger partial charge in [-0.1, -0.05) is 30.1 Å². The van der Waals surface area contributed by atoms with Gasteiger partial charge in [0.1, 0.15) is 10.1 Å². The molecule has 1 unspecified atom stereocenters. The summed E-state index contributed by atoms with van der Waals surface area (Å²) in [6.45, 7) is 0.173. The summed E-state index contributed by atoms with van der Waals surface area (Å²) in [4.78, 5) is 28.3. The topological polar surface area (TPSA) is 87.9 Å². The molecule has 0 saturated carbocycles. The molecule has 0 radical (unpaired) electrons. The van der Waals surface area contributed by atoms with E-state index in [1.807, 2.05) is 0 Å². The maximum Gasteiger partial charge on any atom is 0.266 e. The number of carbonyl (C=O) groups excluding carboxylic acids is 2. The molecule has 7 nitrogen and oxygen atoms in total. The van der Waals surface area contributed by atoms with E-state index in [0.717, 1.165) is 0 Å². The molecule has 1 atom stereocenters. The van der Waals surface area contributed by atoms with Gasteiger partial charge in [0.15, 0.2) is 9.84 Å². The predicted octanol–water partition coefficient (Wildman–Crippen LogP) is 2.07. The molecule has 1 aromatic rings. The highest BCUT2D eigenvalue weighted by Gasteiger charge is 2.34. The van der Waals surface area contributed by atoms with E-state index in [4.69, 9.17) is 16.6 Å². The Kier molecular flexibility index (Phi) is 6.41. The first-order valence-corrected chi connectivity index (χ1v) is 11.7. The molecular weight excluding hydrogens is 420 g/mol. The van der Waals surface area contributed by atoms with Gasteiger partial charge in [-0.2, -0.15) is 0 Å². The number of hydrogen-bond donors (Lipinski definition) is 0. The van der Waals surface area contributed by atoms with Crippen LogP contribution < -0.4 is 0 Å². The van der Waals surface area contributed by atoms with Gasteiger partial charge in [0.2, 0.25) is 5.91 Å². The molecule has 1 aromatic heterocycles. The number of thiocarbonyl (C=S) groups is 1. The van der Waals surface area contributed by atoms with Gasteiger partial charge in [0, 0.05) is 26.1 Å². The Morgan fingerprint density at radius 1 is 1.50 bits per heavy atom. The van der Waals surface area contributed by atoms with Crippen LogP contribution in [-0.2, 0) is 19.4 Å². The monoisotopic (exact) mass is 440 g/mol. The Labute approximate surface area is 173 Å². The summed E-state index contributed by atoms with van der Waals surface area (Å²) in [7, 11) is -1.45. The molecule has 0 bridgehead atoms. The molecule has 0 N–H and O–H groups in total. The molecule has 0 aliphatic carbocycles. The third-order valence-electron chi connectivity index (χ3n) is 4.62. The smallest absolute Gasteiger partial charge is 0.266 e. The molecule has 3 rings (SSSR count). The fourth-order valence-electron chi connectivity index (χ4n) is 2.99. The maximum atomic E-state index is 12.5. The van der Waals surface area contributed by atoms with Crippen LogP contribution in [0.15, 0.2) is 39.9 Å². The first kappa shape index (κ1) is 20.8. The normalized spacial score (nSPS) is 23.2. The first-order chi connectivity index (χ1) is 13.3. The number of furan rings is 1. The average Bonchev–Trinajstić information content (AvgIpc) is 3.34. The second kappa shape index (κ2) is 8.62. The van der Waals surface area contributed by atoms with E-state index in [-0.39, 0.29) is 42.3 Å². The van der Waals surface area contributed by atoms with E-state index in [1.165, 1.54) is 21.6 Å². The quantitative estimate of drug-likeness (QED) is 0.494. The number of amides is 2. The standard InChI is InChI=1S/C18H20N2O5S3/c1-19(13-8-11-28(23,24)12-13)16(21)7-9-20-17(22)15(27-18(20)26)6-2-4-14-5-3-10-25-14/h2-6,10,13H,7-9,11-12H2,1H3. The highest BCUT2D eigenvalue weighted by molar-refractivity contribution is 8.26.